The Morgan fingerprint density at radius 2 is 2.05 bits per heavy atom. The summed E-state index contributed by atoms with van der Waals surface area (Å²) in [5.41, 5.74) is 4.63. The lowest BCUT2D eigenvalue weighted by Gasteiger charge is -2.11. The van der Waals surface area contributed by atoms with Crippen LogP contribution in [0.5, 0.6) is 0 Å². The first-order chi connectivity index (χ1) is 10.2. The molecule has 2 N–H and O–H groups in total. The first-order valence-electron chi connectivity index (χ1n) is 7.16. The van der Waals surface area contributed by atoms with Gasteiger partial charge in [0, 0.05) is 12.6 Å². The minimum atomic E-state index is 0. The molecule has 22 heavy (non-hydrogen) atoms. The largest absolute Gasteiger partial charge is 0.364 e. The van der Waals surface area contributed by atoms with E-state index < -0.39 is 0 Å². The van der Waals surface area contributed by atoms with Gasteiger partial charge in [0.2, 0.25) is 0 Å². The molecular weight excluding hydrogens is 391 g/mol. The highest BCUT2D eigenvalue weighted by molar-refractivity contribution is 14.0. The Hall–Kier alpha value is -1.57. The van der Waals surface area contributed by atoms with E-state index in [9.17, 15) is 0 Å². The van der Waals surface area contributed by atoms with Gasteiger partial charge >= 0.3 is 0 Å². The maximum Gasteiger partial charge on any atom is 0.191 e. The quantitative estimate of drug-likeness (QED) is 0.448. The van der Waals surface area contributed by atoms with E-state index in [0.717, 1.165) is 18.2 Å². The minimum Gasteiger partial charge on any atom is -0.364 e. The van der Waals surface area contributed by atoms with Crippen LogP contribution in [0.15, 0.2) is 40.0 Å². The average Bonchev–Trinajstić information content (AvgIpc) is 2.96. The van der Waals surface area contributed by atoms with Gasteiger partial charge in [0.1, 0.15) is 12.0 Å². The van der Waals surface area contributed by atoms with E-state index in [0.29, 0.717) is 13.1 Å². The van der Waals surface area contributed by atoms with E-state index in [-0.39, 0.29) is 24.0 Å². The van der Waals surface area contributed by atoms with Crippen LogP contribution in [0, 0.1) is 13.8 Å². The second kappa shape index (κ2) is 9.45. The maximum atomic E-state index is 4.81. The number of halogens is 1. The summed E-state index contributed by atoms with van der Waals surface area (Å²) in [5.74, 6) is 0.778. The number of aryl methyl sites for hydroxylation is 2. The highest BCUT2D eigenvalue weighted by Gasteiger charge is 2.02. The summed E-state index contributed by atoms with van der Waals surface area (Å²) in [7, 11) is 0. The average molecular weight is 414 g/mol. The summed E-state index contributed by atoms with van der Waals surface area (Å²) in [6, 6.07) is 8.27. The lowest BCUT2D eigenvalue weighted by atomic mass is 10.1. The van der Waals surface area contributed by atoms with Crippen molar-refractivity contribution in [2.24, 2.45) is 4.99 Å². The summed E-state index contributed by atoms with van der Waals surface area (Å²) in [6.07, 6.45) is 1.57. The standard InChI is InChI=1S/C16H22N4O.HI/c1-4-17-16(19-11-15-7-8-21-20-15)18-10-14-6-5-12(2)9-13(14)3;/h5-9H,4,10-11H2,1-3H3,(H2,17,18,19);1H. The van der Waals surface area contributed by atoms with Crippen LogP contribution in [0.4, 0.5) is 0 Å². The zero-order chi connectivity index (χ0) is 15.1. The number of aliphatic imine (C=N–C) groups is 1. The van der Waals surface area contributed by atoms with E-state index in [1.807, 2.05) is 13.0 Å². The van der Waals surface area contributed by atoms with Crippen molar-refractivity contribution >= 4 is 29.9 Å². The number of guanidine groups is 1. The van der Waals surface area contributed by atoms with Crippen molar-refractivity contribution in [1.29, 1.82) is 0 Å². The van der Waals surface area contributed by atoms with Gasteiger partial charge in [0.05, 0.1) is 13.1 Å². The molecule has 0 unspecified atom stereocenters. The highest BCUT2D eigenvalue weighted by Crippen LogP contribution is 2.11. The van der Waals surface area contributed by atoms with Crippen molar-refractivity contribution in [3.05, 3.63) is 52.9 Å². The van der Waals surface area contributed by atoms with Crippen molar-refractivity contribution in [1.82, 2.24) is 15.8 Å². The predicted octanol–water partition coefficient (Wildman–Crippen LogP) is 3.16. The van der Waals surface area contributed by atoms with Crippen LogP contribution in [0.2, 0.25) is 0 Å². The Morgan fingerprint density at radius 1 is 1.23 bits per heavy atom. The second-order valence-electron chi connectivity index (χ2n) is 4.97. The molecule has 0 saturated carbocycles. The van der Waals surface area contributed by atoms with Crippen molar-refractivity contribution in [2.45, 2.75) is 33.9 Å². The third kappa shape index (κ3) is 5.67. The number of rotatable bonds is 5. The Kier molecular flexibility index (Phi) is 7.94. The number of nitrogens with zero attached hydrogens (tertiary/aromatic N) is 2. The van der Waals surface area contributed by atoms with Gasteiger partial charge in [-0.15, -0.1) is 24.0 Å². The SMILES string of the molecule is CCNC(=NCc1ccc(C)cc1C)NCc1ccon1.I. The molecule has 120 valence electrons. The van der Waals surface area contributed by atoms with Crippen LogP contribution in [-0.4, -0.2) is 17.7 Å². The zero-order valence-electron chi connectivity index (χ0n) is 13.2. The number of aromatic nitrogens is 1. The van der Waals surface area contributed by atoms with Gasteiger partial charge in [-0.25, -0.2) is 4.99 Å². The molecule has 1 aromatic carbocycles. The number of hydrogen-bond acceptors (Lipinski definition) is 3. The molecule has 6 heteroatoms. The van der Waals surface area contributed by atoms with E-state index in [1.54, 1.807) is 6.26 Å². The van der Waals surface area contributed by atoms with Gasteiger partial charge in [0.15, 0.2) is 5.96 Å². The predicted molar refractivity (Wildman–Crippen MR) is 99.5 cm³/mol. The molecular formula is C16H23IN4O. The summed E-state index contributed by atoms with van der Waals surface area (Å²) in [4.78, 5) is 4.61. The van der Waals surface area contributed by atoms with Crippen molar-refractivity contribution in [3.8, 4) is 0 Å². The summed E-state index contributed by atoms with van der Waals surface area (Å²) in [6.45, 7) is 8.33. The molecule has 0 atom stereocenters. The van der Waals surface area contributed by atoms with Gasteiger partial charge in [-0.05, 0) is 31.9 Å². The van der Waals surface area contributed by atoms with Crippen LogP contribution in [0.3, 0.4) is 0 Å². The van der Waals surface area contributed by atoms with Gasteiger partial charge in [-0.1, -0.05) is 28.9 Å². The third-order valence-electron chi connectivity index (χ3n) is 3.18. The van der Waals surface area contributed by atoms with Crippen molar-refractivity contribution in [3.63, 3.8) is 0 Å². The lowest BCUT2D eigenvalue weighted by Crippen LogP contribution is -2.36. The smallest absolute Gasteiger partial charge is 0.191 e. The molecule has 0 aliphatic heterocycles. The fourth-order valence-electron chi connectivity index (χ4n) is 2.03. The van der Waals surface area contributed by atoms with E-state index in [2.05, 4.69) is 52.8 Å². The number of nitrogens with one attached hydrogen (secondary N) is 2. The molecule has 0 amide bonds. The van der Waals surface area contributed by atoms with Gasteiger partial charge in [-0.3, -0.25) is 0 Å². The van der Waals surface area contributed by atoms with E-state index in [4.69, 9.17) is 4.52 Å². The zero-order valence-corrected chi connectivity index (χ0v) is 15.5. The maximum absolute atomic E-state index is 4.81. The number of benzene rings is 1. The molecule has 0 aliphatic rings. The van der Waals surface area contributed by atoms with E-state index >= 15 is 0 Å². The normalized spacial score (nSPS) is 11.0. The molecule has 0 fully saturated rings. The lowest BCUT2D eigenvalue weighted by molar-refractivity contribution is 0.410. The Bertz CT molecular complexity index is 596. The molecule has 2 rings (SSSR count). The van der Waals surface area contributed by atoms with Crippen LogP contribution >= 0.6 is 24.0 Å². The van der Waals surface area contributed by atoms with Crippen LogP contribution in [-0.2, 0) is 13.1 Å². The fraction of sp³-hybridized carbons (Fsp3) is 0.375. The summed E-state index contributed by atoms with van der Waals surface area (Å²) < 4.78 is 4.81. The molecule has 1 heterocycles. The first kappa shape index (κ1) is 18.5. The molecule has 0 spiro atoms. The topological polar surface area (TPSA) is 62.5 Å². The Balaban J connectivity index is 0.00000242. The molecule has 0 radical (unpaired) electrons. The van der Waals surface area contributed by atoms with Crippen molar-refractivity contribution < 1.29 is 4.52 Å². The van der Waals surface area contributed by atoms with Gasteiger partial charge in [0.25, 0.3) is 0 Å². The molecule has 0 bridgehead atoms. The summed E-state index contributed by atoms with van der Waals surface area (Å²) >= 11 is 0. The fourth-order valence-corrected chi connectivity index (χ4v) is 2.03. The monoisotopic (exact) mass is 414 g/mol. The Morgan fingerprint density at radius 3 is 2.68 bits per heavy atom. The van der Waals surface area contributed by atoms with Gasteiger partial charge in [-0.2, -0.15) is 0 Å². The molecule has 0 saturated heterocycles. The van der Waals surface area contributed by atoms with Crippen LogP contribution < -0.4 is 10.6 Å². The van der Waals surface area contributed by atoms with Crippen molar-refractivity contribution in [2.75, 3.05) is 6.54 Å². The molecule has 0 aliphatic carbocycles. The van der Waals surface area contributed by atoms with Crippen LogP contribution in [0.25, 0.3) is 0 Å². The second-order valence-corrected chi connectivity index (χ2v) is 4.97. The number of hydrogen-bond donors (Lipinski definition) is 2. The van der Waals surface area contributed by atoms with Crippen LogP contribution in [0.1, 0.15) is 29.3 Å². The highest BCUT2D eigenvalue weighted by atomic mass is 127. The van der Waals surface area contributed by atoms with E-state index in [1.165, 1.54) is 16.7 Å². The molecule has 5 nitrogen and oxygen atoms in total. The van der Waals surface area contributed by atoms with Gasteiger partial charge < -0.3 is 15.2 Å². The Labute approximate surface area is 148 Å². The summed E-state index contributed by atoms with van der Waals surface area (Å²) in [5, 5.41) is 10.3. The third-order valence-corrected chi connectivity index (χ3v) is 3.18. The minimum absolute atomic E-state index is 0. The first-order valence-corrected chi connectivity index (χ1v) is 7.16. The molecule has 1 aromatic heterocycles. The molecule has 2 aromatic rings.